The molecule has 0 amide bonds. The second-order valence-electron chi connectivity index (χ2n) is 4.41. The third-order valence-corrected chi connectivity index (χ3v) is 2.71. The van der Waals surface area contributed by atoms with Crippen LogP contribution in [-0.2, 0) is 0 Å². The average molecular weight is 251 g/mol. The highest BCUT2D eigenvalue weighted by Gasteiger charge is 2.12. The molecule has 0 saturated heterocycles. The largest absolute Gasteiger partial charge is 0.252 e. The first-order valence-electron chi connectivity index (χ1n) is 5.55. The average Bonchev–Trinajstić information content (AvgIpc) is 2.59. The van der Waals surface area contributed by atoms with Crippen LogP contribution in [0.15, 0.2) is 12.1 Å². The predicted molar refractivity (Wildman–Crippen MR) is 67.7 cm³/mol. The van der Waals surface area contributed by atoms with Crippen LogP contribution in [0.25, 0.3) is 5.95 Å². The molecule has 4 nitrogen and oxygen atoms in total. The van der Waals surface area contributed by atoms with E-state index in [9.17, 15) is 0 Å². The second kappa shape index (κ2) is 4.45. The van der Waals surface area contributed by atoms with Crippen molar-refractivity contribution in [3.8, 4) is 5.95 Å². The minimum absolute atomic E-state index is 0.333. The fourth-order valence-electron chi connectivity index (χ4n) is 1.60. The van der Waals surface area contributed by atoms with Gasteiger partial charge < -0.3 is 0 Å². The maximum Gasteiger partial charge on any atom is 0.252 e. The Balaban J connectivity index is 2.52. The standard InChI is InChI=1S/C12H15ClN4/c1-7(2)10-6-11(13)17(16-10)12-14-8(3)5-9(4)15-12/h5-7H,1-4H3. The number of hydrogen-bond donors (Lipinski definition) is 0. The van der Waals surface area contributed by atoms with Crippen molar-refractivity contribution < 1.29 is 0 Å². The molecule has 17 heavy (non-hydrogen) atoms. The van der Waals surface area contributed by atoms with Gasteiger partial charge in [0.1, 0.15) is 5.15 Å². The molecular formula is C12H15ClN4. The first-order chi connectivity index (χ1) is 7.97. The fourth-order valence-corrected chi connectivity index (χ4v) is 1.82. The molecular weight excluding hydrogens is 236 g/mol. The molecule has 0 radical (unpaired) electrons. The lowest BCUT2D eigenvalue weighted by Crippen LogP contribution is -2.06. The van der Waals surface area contributed by atoms with E-state index >= 15 is 0 Å². The predicted octanol–water partition coefficient (Wildman–Crippen LogP) is 3.06. The summed E-state index contributed by atoms with van der Waals surface area (Å²) in [4.78, 5) is 8.69. The summed E-state index contributed by atoms with van der Waals surface area (Å²) >= 11 is 6.15. The van der Waals surface area contributed by atoms with Crippen LogP contribution < -0.4 is 0 Å². The van der Waals surface area contributed by atoms with Crippen molar-refractivity contribution in [2.45, 2.75) is 33.6 Å². The molecule has 2 aromatic rings. The Bertz CT molecular complexity index is 525. The molecule has 0 bridgehead atoms. The SMILES string of the molecule is Cc1cc(C)nc(-n2nc(C(C)C)cc2Cl)n1. The Morgan fingerprint density at radius 3 is 2.18 bits per heavy atom. The Kier molecular flexibility index (Phi) is 3.15. The summed E-state index contributed by atoms with van der Waals surface area (Å²) in [5, 5.41) is 4.96. The van der Waals surface area contributed by atoms with E-state index in [1.165, 1.54) is 0 Å². The van der Waals surface area contributed by atoms with Crippen LogP contribution in [0.5, 0.6) is 0 Å². The van der Waals surface area contributed by atoms with Crippen LogP contribution >= 0.6 is 11.6 Å². The normalized spacial score (nSPS) is 11.2. The van der Waals surface area contributed by atoms with Gasteiger partial charge in [0, 0.05) is 11.4 Å². The lowest BCUT2D eigenvalue weighted by Gasteiger charge is -2.04. The number of nitrogens with zero attached hydrogens (tertiary/aromatic N) is 4. The number of aromatic nitrogens is 4. The van der Waals surface area contributed by atoms with Gasteiger partial charge in [-0.15, -0.1) is 0 Å². The van der Waals surface area contributed by atoms with Crippen LogP contribution in [-0.4, -0.2) is 19.7 Å². The fraction of sp³-hybridized carbons (Fsp3) is 0.417. The summed E-state index contributed by atoms with van der Waals surface area (Å²) in [7, 11) is 0. The summed E-state index contributed by atoms with van der Waals surface area (Å²) in [6.07, 6.45) is 0. The van der Waals surface area contributed by atoms with Crippen molar-refractivity contribution in [3.05, 3.63) is 34.4 Å². The molecule has 0 saturated carbocycles. The molecule has 0 atom stereocenters. The summed E-state index contributed by atoms with van der Waals surface area (Å²) in [5.74, 6) is 0.860. The van der Waals surface area contributed by atoms with E-state index in [-0.39, 0.29) is 0 Å². The van der Waals surface area contributed by atoms with Crippen LogP contribution in [0.1, 0.15) is 36.8 Å². The first kappa shape index (κ1) is 12.0. The highest BCUT2D eigenvalue weighted by Crippen LogP contribution is 2.20. The van der Waals surface area contributed by atoms with E-state index in [1.807, 2.05) is 26.0 Å². The summed E-state index contributed by atoms with van der Waals surface area (Å²) in [6, 6.07) is 3.78. The van der Waals surface area contributed by atoms with E-state index in [2.05, 4.69) is 28.9 Å². The number of aryl methyl sites for hydroxylation is 2. The van der Waals surface area contributed by atoms with Crippen molar-refractivity contribution in [3.63, 3.8) is 0 Å². The van der Waals surface area contributed by atoms with Gasteiger partial charge in [0.2, 0.25) is 0 Å². The van der Waals surface area contributed by atoms with Gasteiger partial charge >= 0.3 is 0 Å². The molecule has 2 heterocycles. The number of hydrogen-bond acceptors (Lipinski definition) is 3. The molecule has 5 heteroatoms. The van der Waals surface area contributed by atoms with Gasteiger partial charge in [-0.3, -0.25) is 0 Å². The smallest absolute Gasteiger partial charge is 0.216 e. The molecule has 2 aromatic heterocycles. The first-order valence-corrected chi connectivity index (χ1v) is 5.93. The molecule has 0 aliphatic heterocycles. The molecule has 0 spiro atoms. The van der Waals surface area contributed by atoms with Gasteiger partial charge in [-0.2, -0.15) is 9.78 Å². The quantitative estimate of drug-likeness (QED) is 0.823. The Labute approximate surface area is 106 Å². The van der Waals surface area contributed by atoms with Gasteiger partial charge in [0.05, 0.1) is 5.69 Å². The molecule has 0 N–H and O–H groups in total. The summed E-state index contributed by atoms with van der Waals surface area (Å²) < 4.78 is 1.58. The molecule has 90 valence electrons. The monoisotopic (exact) mass is 250 g/mol. The number of rotatable bonds is 2. The Morgan fingerprint density at radius 2 is 1.71 bits per heavy atom. The van der Waals surface area contributed by atoms with Gasteiger partial charge in [-0.25, -0.2) is 9.97 Å². The van der Waals surface area contributed by atoms with E-state index in [1.54, 1.807) is 4.68 Å². The van der Waals surface area contributed by atoms with Crippen molar-refractivity contribution in [1.82, 2.24) is 19.7 Å². The van der Waals surface area contributed by atoms with Crippen LogP contribution in [0.2, 0.25) is 5.15 Å². The van der Waals surface area contributed by atoms with E-state index in [4.69, 9.17) is 11.6 Å². The Morgan fingerprint density at radius 1 is 1.12 bits per heavy atom. The maximum absolute atomic E-state index is 6.15. The zero-order valence-corrected chi connectivity index (χ0v) is 11.2. The molecule has 0 unspecified atom stereocenters. The zero-order chi connectivity index (χ0) is 12.6. The maximum atomic E-state index is 6.15. The molecule has 2 rings (SSSR count). The van der Waals surface area contributed by atoms with Crippen molar-refractivity contribution in [2.75, 3.05) is 0 Å². The molecule has 0 aromatic carbocycles. The van der Waals surface area contributed by atoms with Crippen molar-refractivity contribution in [2.24, 2.45) is 0 Å². The molecule has 0 aliphatic carbocycles. The molecule has 0 aliphatic rings. The minimum Gasteiger partial charge on any atom is -0.216 e. The topological polar surface area (TPSA) is 43.6 Å². The lowest BCUT2D eigenvalue weighted by molar-refractivity contribution is 0.737. The van der Waals surface area contributed by atoms with Gasteiger partial charge in [-0.1, -0.05) is 25.4 Å². The highest BCUT2D eigenvalue weighted by molar-refractivity contribution is 6.29. The van der Waals surface area contributed by atoms with Crippen molar-refractivity contribution in [1.29, 1.82) is 0 Å². The lowest BCUT2D eigenvalue weighted by atomic mass is 10.1. The van der Waals surface area contributed by atoms with Crippen LogP contribution in [0, 0.1) is 13.8 Å². The van der Waals surface area contributed by atoms with E-state index in [0.717, 1.165) is 17.1 Å². The van der Waals surface area contributed by atoms with E-state index in [0.29, 0.717) is 17.0 Å². The van der Waals surface area contributed by atoms with Crippen molar-refractivity contribution >= 4 is 11.6 Å². The van der Waals surface area contributed by atoms with Gasteiger partial charge in [0.15, 0.2) is 0 Å². The summed E-state index contributed by atoms with van der Waals surface area (Å²) in [6.45, 7) is 8.01. The van der Waals surface area contributed by atoms with Crippen LogP contribution in [0.3, 0.4) is 0 Å². The highest BCUT2D eigenvalue weighted by atomic mass is 35.5. The zero-order valence-electron chi connectivity index (χ0n) is 10.4. The summed E-state index contributed by atoms with van der Waals surface area (Å²) in [5.41, 5.74) is 2.76. The van der Waals surface area contributed by atoms with Gasteiger partial charge in [0.25, 0.3) is 5.95 Å². The van der Waals surface area contributed by atoms with Crippen LogP contribution in [0.4, 0.5) is 0 Å². The Hall–Kier alpha value is -1.42. The number of halogens is 1. The second-order valence-corrected chi connectivity index (χ2v) is 4.80. The third kappa shape index (κ3) is 2.47. The molecule has 0 fully saturated rings. The van der Waals surface area contributed by atoms with E-state index < -0.39 is 0 Å². The van der Waals surface area contributed by atoms with Gasteiger partial charge in [-0.05, 0) is 31.9 Å². The third-order valence-electron chi connectivity index (χ3n) is 2.44. The minimum atomic E-state index is 0.333.